The van der Waals surface area contributed by atoms with Crippen LogP contribution >= 0.6 is 35.0 Å². The second-order valence-electron chi connectivity index (χ2n) is 8.89. The summed E-state index contributed by atoms with van der Waals surface area (Å²) in [5.74, 6) is 1.56. The van der Waals surface area contributed by atoms with Crippen LogP contribution in [-0.4, -0.2) is 39.7 Å². The average Bonchev–Trinajstić information content (AvgIpc) is 3.44. The number of aromatic nitrogens is 3. The first-order valence-electron chi connectivity index (χ1n) is 12.8. The summed E-state index contributed by atoms with van der Waals surface area (Å²) in [6.45, 7) is 0.422. The highest BCUT2D eigenvalue weighted by Crippen LogP contribution is 2.30. The summed E-state index contributed by atoms with van der Waals surface area (Å²) in [6, 6.07) is 29.9. The number of amides is 1. The first-order valence-corrected chi connectivity index (χ1v) is 14.5. The number of carbonyl (C=O) groups excluding carboxylic acids is 1. The molecule has 5 rings (SSSR count). The first kappa shape index (κ1) is 29.2. The fraction of sp³-hybridized carbons (Fsp3) is 0.0968. The van der Waals surface area contributed by atoms with Crippen LogP contribution in [0.15, 0.2) is 107 Å². The number of rotatable bonds is 11. The van der Waals surface area contributed by atoms with Crippen LogP contribution in [-0.2, 0) is 11.4 Å². The highest BCUT2D eigenvalue weighted by Gasteiger charge is 2.17. The predicted octanol–water partition coefficient (Wildman–Crippen LogP) is 7.07. The fourth-order valence-electron chi connectivity index (χ4n) is 3.93. The zero-order valence-electron chi connectivity index (χ0n) is 22.4. The Hall–Kier alpha value is -4.31. The summed E-state index contributed by atoms with van der Waals surface area (Å²) < 4.78 is 13.2. The third kappa shape index (κ3) is 7.50. The molecule has 0 aliphatic heterocycles. The van der Waals surface area contributed by atoms with E-state index < -0.39 is 0 Å². The Balaban J connectivity index is 1.23. The van der Waals surface area contributed by atoms with Crippen LogP contribution in [0.4, 0.5) is 0 Å². The van der Waals surface area contributed by atoms with Crippen molar-refractivity contribution in [2.24, 2.45) is 5.10 Å². The number of hydrazone groups is 1. The quantitative estimate of drug-likeness (QED) is 0.0968. The van der Waals surface area contributed by atoms with Crippen LogP contribution in [0.2, 0.25) is 10.0 Å². The van der Waals surface area contributed by atoms with Crippen LogP contribution in [0.25, 0.3) is 17.1 Å². The Morgan fingerprint density at radius 1 is 0.929 bits per heavy atom. The minimum atomic E-state index is -0.301. The van der Waals surface area contributed by atoms with Gasteiger partial charge in [-0.05, 0) is 77.9 Å². The smallest absolute Gasteiger partial charge is 0.250 e. The van der Waals surface area contributed by atoms with Gasteiger partial charge in [0, 0.05) is 21.3 Å². The number of halogens is 2. The molecule has 0 saturated heterocycles. The van der Waals surface area contributed by atoms with Crippen molar-refractivity contribution in [2.75, 3.05) is 12.9 Å². The van der Waals surface area contributed by atoms with Gasteiger partial charge in [0.1, 0.15) is 6.61 Å². The number of hydrogen-bond acceptors (Lipinski definition) is 7. The molecule has 8 nitrogen and oxygen atoms in total. The Bertz CT molecular complexity index is 1680. The second-order valence-corrected chi connectivity index (χ2v) is 10.7. The van der Waals surface area contributed by atoms with Crippen LogP contribution in [0, 0.1) is 0 Å². The Morgan fingerprint density at radius 3 is 2.36 bits per heavy atom. The zero-order chi connectivity index (χ0) is 29.3. The summed E-state index contributed by atoms with van der Waals surface area (Å²) in [7, 11) is 1.58. The number of ether oxygens (including phenoxy) is 2. The maximum atomic E-state index is 12.6. The lowest BCUT2D eigenvalue weighted by molar-refractivity contribution is -0.118. The molecule has 0 aliphatic carbocycles. The van der Waals surface area contributed by atoms with Crippen LogP contribution in [0.3, 0.4) is 0 Å². The largest absolute Gasteiger partial charge is 0.493 e. The number of thioether (sulfide) groups is 1. The lowest BCUT2D eigenvalue weighted by atomic mass is 10.2. The number of nitrogens with zero attached hydrogens (tertiary/aromatic N) is 4. The van der Waals surface area contributed by atoms with Gasteiger partial charge in [-0.3, -0.25) is 9.36 Å². The monoisotopic (exact) mass is 617 g/mol. The van der Waals surface area contributed by atoms with Crippen molar-refractivity contribution in [1.82, 2.24) is 20.2 Å². The third-order valence-electron chi connectivity index (χ3n) is 5.98. The van der Waals surface area contributed by atoms with Crippen molar-refractivity contribution in [3.05, 3.63) is 118 Å². The molecule has 1 aromatic heterocycles. The van der Waals surface area contributed by atoms with Crippen molar-refractivity contribution in [2.45, 2.75) is 11.8 Å². The van der Waals surface area contributed by atoms with Gasteiger partial charge in [-0.25, -0.2) is 5.43 Å². The number of carbonyl (C=O) groups is 1. The average molecular weight is 619 g/mol. The Morgan fingerprint density at radius 2 is 1.64 bits per heavy atom. The molecule has 0 spiro atoms. The molecule has 0 unspecified atom stereocenters. The van der Waals surface area contributed by atoms with E-state index in [-0.39, 0.29) is 11.7 Å². The van der Waals surface area contributed by atoms with Crippen molar-refractivity contribution in [1.29, 1.82) is 0 Å². The number of methoxy groups -OCH3 is 1. The van der Waals surface area contributed by atoms with Crippen LogP contribution < -0.4 is 14.9 Å². The van der Waals surface area contributed by atoms with Gasteiger partial charge in [-0.15, -0.1) is 10.2 Å². The lowest BCUT2D eigenvalue weighted by Crippen LogP contribution is -2.20. The zero-order valence-corrected chi connectivity index (χ0v) is 24.7. The number of hydrogen-bond donors (Lipinski definition) is 1. The maximum Gasteiger partial charge on any atom is 0.250 e. The summed E-state index contributed by atoms with van der Waals surface area (Å²) in [5, 5.41) is 14.6. The van der Waals surface area contributed by atoms with Gasteiger partial charge in [0.15, 0.2) is 22.5 Å². The van der Waals surface area contributed by atoms with Crippen molar-refractivity contribution >= 4 is 47.1 Å². The normalized spacial score (nSPS) is 11.0. The molecule has 0 fully saturated rings. The van der Waals surface area contributed by atoms with Gasteiger partial charge >= 0.3 is 0 Å². The van der Waals surface area contributed by atoms with Gasteiger partial charge in [0.2, 0.25) is 0 Å². The van der Waals surface area contributed by atoms with E-state index >= 15 is 0 Å². The molecule has 42 heavy (non-hydrogen) atoms. The van der Waals surface area contributed by atoms with Gasteiger partial charge in [-0.2, -0.15) is 5.10 Å². The van der Waals surface area contributed by atoms with E-state index in [9.17, 15) is 4.79 Å². The first-order chi connectivity index (χ1) is 20.5. The number of nitrogens with one attached hydrogen (secondary N) is 1. The molecule has 0 atom stereocenters. The molecule has 1 N–H and O–H groups in total. The molecule has 1 amide bonds. The standard InChI is InChI=1S/C31H25Cl2N5O3S/c1-40-28-17-22(7-16-27(28)41-19-21-5-3-2-4-6-21)18-34-35-29(39)20-42-31-37-36-30(23-8-10-24(32)11-9-23)38(31)26-14-12-25(33)13-15-26/h2-18H,19-20H2,1H3,(H,35,39). The summed E-state index contributed by atoms with van der Waals surface area (Å²) in [5.41, 5.74) is 5.99. The molecule has 11 heteroatoms. The summed E-state index contributed by atoms with van der Waals surface area (Å²) in [4.78, 5) is 12.6. The summed E-state index contributed by atoms with van der Waals surface area (Å²) >= 11 is 13.4. The molecule has 0 bridgehead atoms. The van der Waals surface area contributed by atoms with Gasteiger partial charge in [0.25, 0.3) is 5.91 Å². The molecule has 0 radical (unpaired) electrons. The van der Waals surface area contributed by atoms with E-state index in [0.717, 1.165) is 22.4 Å². The Kier molecular flexibility index (Phi) is 9.76. The van der Waals surface area contributed by atoms with Gasteiger partial charge in [-0.1, -0.05) is 65.3 Å². The molecule has 212 valence electrons. The molecule has 1 heterocycles. The van der Waals surface area contributed by atoms with Crippen LogP contribution in [0.5, 0.6) is 11.5 Å². The molecular formula is C31H25Cl2N5O3S. The highest BCUT2D eigenvalue weighted by atomic mass is 35.5. The van der Waals surface area contributed by atoms with E-state index in [1.807, 2.05) is 71.3 Å². The third-order valence-corrected chi connectivity index (χ3v) is 7.41. The van der Waals surface area contributed by atoms with Crippen molar-refractivity contribution in [3.63, 3.8) is 0 Å². The highest BCUT2D eigenvalue weighted by molar-refractivity contribution is 7.99. The molecule has 4 aromatic carbocycles. The van der Waals surface area contributed by atoms with Crippen LogP contribution in [0.1, 0.15) is 11.1 Å². The minimum Gasteiger partial charge on any atom is -0.493 e. The molecular weight excluding hydrogens is 593 g/mol. The van der Waals surface area contributed by atoms with Crippen molar-refractivity contribution < 1.29 is 14.3 Å². The van der Waals surface area contributed by atoms with E-state index in [0.29, 0.717) is 39.1 Å². The van der Waals surface area contributed by atoms with E-state index in [1.165, 1.54) is 11.8 Å². The molecule has 0 saturated carbocycles. The SMILES string of the molecule is COc1cc(C=NNC(=O)CSc2nnc(-c3ccc(Cl)cc3)n2-c2ccc(Cl)cc2)ccc1OCc1ccccc1. The maximum absolute atomic E-state index is 12.6. The predicted molar refractivity (Wildman–Crippen MR) is 167 cm³/mol. The van der Waals surface area contributed by atoms with Gasteiger partial charge in [0.05, 0.1) is 19.1 Å². The topological polar surface area (TPSA) is 90.6 Å². The molecule has 0 aliphatic rings. The van der Waals surface area contributed by atoms with Crippen molar-refractivity contribution in [3.8, 4) is 28.6 Å². The van der Waals surface area contributed by atoms with Gasteiger partial charge < -0.3 is 9.47 Å². The molecule has 5 aromatic rings. The lowest BCUT2D eigenvalue weighted by Gasteiger charge is -2.11. The minimum absolute atomic E-state index is 0.0687. The second kappa shape index (κ2) is 14.0. The van der Waals surface area contributed by atoms with E-state index in [1.54, 1.807) is 43.7 Å². The van der Waals surface area contributed by atoms with E-state index in [4.69, 9.17) is 32.7 Å². The summed E-state index contributed by atoms with van der Waals surface area (Å²) in [6.07, 6.45) is 1.54. The Labute approximate surface area is 257 Å². The van der Waals surface area contributed by atoms with E-state index in [2.05, 4.69) is 20.7 Å². The fourth-order valence-corrected chi connectivity index (χ4v) is 4.93. The number of benzene rings is 4.